The van der Waals surface area contributed by atoms with E-state index in [9.17, 15) is 24.9 Å². The highest BCUT2D eigenvalue weighted by molar-refractivity contribution is 6.04. The molecular weight excluding hydrogens is 360 g/mol. The predicted octanol–water partition coefficient (Wildman–Crippen LogP) is 1.61. The van der Waals surface area contributed by atoms with Crippen molar-refractivity contribution in [1.29, 1.82) is 0 Å². The maximum atomic E-state index is 13.4. The lowest BCUT2D eigenvalue weighted by molar-refractivity contribution is -0.268. The maximum absolute atomic E-state index is 13.4. The van der Waals surface area contributed by atoms with Crippen molar-refractivity contribution < 1.29 is 29.6 Å². The number of ketones is 1. The van der Waals surface area contributed by atoms with Crippen LogP contribution in [0.5, 0.6) is 0 Å². The van der Waals surface area contributed by atoms with E-state index in [1.165, 1.54) is 6.92 Å². The second kappa shape index (κ2) is 6.13. The standard InChI is InChI=1S/C22H32O6/c1-11-13-5-6-14-21(10-28-12(2)23)15(20(3,4)8-7-16(21)24)9-17(25)22(14,18(11)26)19(13)27/h13-17,19,24-25,27H,1,5-10H2,2-4H3/t13-,14-,15+,16?,17-,19?,21-,22-/m1/s1. The third-order valence-electron chi connectivity index (χ3n) is 8.81. The highest BCUT2D eigenvalue weighted by atomic mass is 16.5. The highest BCUT2D eigenvalue weighted by Gasteiger charge is 2.76. The molecular formula is C22H32O6. The fraction of sp³-hybridized carbons (Fsp3) is 0.818. The molecule has 0 aromatic rings. The summed E-state index contributed by atoms with van der Waals surface area (Å²) in [4.78, 5) is 25.1. The van der Waals surface area contributed by atoms with Gasteiger partial charge < -0.3 is 20.1 Å². The third kappa shape index (κ3) is 2.20. The molecule has 4 aliphatic rings. The highest BCUT2D eigenvalue weighted by Crippen LogP contribution is 2.71. The average molecular weight is 392 g/mol. The average Bonchev–Trinajstić information content (AvgIpc) is 2.73. The Morgan fingerprint density at radius 1 is 1.14 bits per heavy atom. The van der Waals surface area contributed by atoms with Crippen molar-refractivity contribution in [3.05, 3.63) is 12.2 Å². The second-order valence-corrected chi connectivity index (χ2v) is 10.2. The van der Waals surface area contributed by atoms with Crippen molar-refractivity contribution in [3.8, 4) is 0 Å². The zero-order valence-electron chi connectivity index (χ0n) is 17.0. The Morgan fingerprint density at radius 2 is 1.82 bits per heavy atom. The molecule has 0 radical (unpaired) electrons. The van der Waals surface area contributed by atoms with E-state index in [0.717, 1.165) is 6.42 Å². The fourth-order valence-electron chi connectivity index (χ4n) is 7.55. The number of esters is 1. The number of aliphatic hydroxyl groups is 3. The quantitative estimate of drug-likeness (QED) is 0.487. The van der Waals surface area contributed by atoms with Crippen molar-refractivity contribution >= 4 is 11.8 Å². The number of hydrogen-bond donors (Lipinski definition) is 3. The second-order valence-electron chi connectivity index (χ2n) is 10.2. The van der Waals surface area contributed by atoms with Gasteiger partial charge in [-0.05, 0) is 54.9 Å². The first kappa shape index (κ1) is 20.0. The van der Waals surface area contributed by atoms with Crippen molar-refractivity contribution in [1.82, 2.24) is 0 Å². The number of aliphatic hydroxyl groups excluding tert-OH is 3. The molecule has 3 N–H and O–H groups in total. The molecule has 0 aliphatic heterocycles. The minimum absolute atomic E-state index is 0.00781. The number of fused-ring (bicyclic) bond motifs is 3. The Hall–Kier alpha value is -1.24. The normalized spacial score (nSPS) is 49.4. The first-order valence-corrected chi connectivity index (χ1v) is 10.4. The molecule has 156 valence electrons. The molecule has 8 atom stereocenters. The van der Waals surface area contributed by atoms with Crippen molar-refractivity contribution in [2.24, 2.45) is 34.0 Å². The number of ether oxygens (including phenoxy) is 1. The van der Waals surface area contributed by atoms with Gasteiger partial charge in [-0.3, -0.25) is 9.59 Å². The summed E-state index contributed by atoms with van der Waals surface area (Å²) in [6, 6.07) is 0. The number of carbonyl (C=O) groups is 2. The van der Waals surface area contributed by atoms with E-state index in [4.69, 9.17) is 4.74 Å². The smallest absolute Gasteiger partial charge is 0.302 e. The van der Waals surface area contributed by atoms with Crippen LogP contribution in [0.3, 0.4) is 0 Å². The first-order valence-electron chi connectivity index (χ1n) is 10.4. The molecule has 4 fully saturated rings. The van der Waals surface area contributed by atoms with Crippen LogP contribution in [0, 0.1) is 34.0 Å². The molecule has 28 heavy (non-hydrogen) atoms. The van der Waals surface area contributed by atoms with E-state index in [0.29, 0.717) is 31.3 Å². The van der Waals surface area contributed by atoms with Gasteiger partial charge in [-0.1, -0.05) is 20.4 Å². The molecule has 0 aromatic heterocycles. The lowest BCUT2D eigenvalue weighted by atomic mass is 9.38. The number of hydrogen-bond acceptors (Lipinski definition) is 6. The van der Waals surface area contributed by atoms with Crippen molar-refractivity contribution in [2.45, 2.75) is 71.2 Å². The van der Waals surface area contributed by atoms with E-state index < -0.39 is 41.0 Å². The van der Waals surface area contributed by atoms with Crippen molar-refractivity contribution in [3.63, 3.8) is 0 Å². The molecule has 1 spiro atoms. The molecule has 0 aromatic carbocycles. The summed E-state index contributed by atoms with van der Waals surface area (Å²) in [6.45, 7) is 9.52. The van der Waals surface area contributed by atoms with E-state index in [-0.39, 0.29) is 29.6 Å². The van der Waals surface area contributed by atoms with Crippen LogP contribution in [0.1, 0.15) is 52.9 Å². The van der Waals surface area contributed by atoms with Gasteiger partial charge in [0, 0.05) is 18.3 Å². The summed E-state index contributed by atoms with van der Waals surface area (Å²) < 4.78 is 5.49. The molecule has 2 unspecified atom stereocenters. The molecule has 2 bridgehead atoms. The van der Waals surface area contributed by atoms with Gasteiger partial charge in [0.1, 0.15) is 0 Å². The SMILES string of the molecule is C=C1C(=O)[C@@]23C(O)[C@@H]1CC[C@@H]2[C@@]1(COC(C)=O)C(O)CCC(C)(C)[C@@H]1C[C@H]3O. The molecule has 4 saturated carbocycles. The number of rotatable bonds is 2. The third-order valence-corrected chi connectivity index (χ3v) is 8.81. The van der Waals surface area contributed by atoms with Gasteiger partial charge in [0.25, 0.3) is 0 Å². The van der Waals surface area contributed by atoms with Gasteiger partial charge in [-0.25, -0.2) is 0 Å². The first-order chi connectivity index (χ1) is 13.0. The van der Waals surface area contributed by atoms with Crippen molar-refractivity contribution in [2.75, 3.05) is 6.61 Å². The van der Waals surface area contributed by atoms with Gasteiger partial charge in [0.05, 0.1) is 30.3 Å². The zero-order chi connectivity index (χ0) is 20.6. The minimum Gasteiger partial charge on any atom is -0.465 e. The monoisotopic (exact) mass is 392 g/mol. The minimum atomic E-state index is -1.36. The summed E-state index contributed by atoms with van der Waals surface area (Å²) >= 11 is 0. The van der Waals surface area contributed by atoms with Gasteiger partial charge in [0.2, 0.25) is 0 Å². The summed E-state index contributed by atoms with van der Waals surface area (Å²) in [5.41, 5.74) is -2.02. The summed E-state index contributed by atoms with van der Waals surface area (Å²) in [5.74, 6) is -1.62. The van der Waals surface area contributed by atoms with Crippen LogP contribution in [0.25, 0.3) is 0 Å². The maximum Gasteiger partial charge on any atom is 0.302 e. The fourth-order valence-corrected chi connectivity index (χ4v) is 7.55. The largest absolute Gasteiger partial charge is 0.465 e. The van der Waals surface area contributed by atoms with Crippen LogP contribution in [0.15, 0.2) is 12.2 Å². The Morgan fingerprint density at radius 3 is 2.46 bits per heavy atom. The summed E-state index contributed by atoms with van der Waals surface area (Å²) in [6.07, 6.45) is 0.0486. The Balaban J connectivity index is 1.92. The predicted molar refractivity (Wildman–Crippen MR) is 101 cm³/mol. The molecule has 4 aliphatic carbocycles. The Bertz CT molecular complexity index is 729. The molecule has 0 saturated heterocycles. The van der Waals surface area contributed by atoms with E-state index in [1.807, 2.05) is 0 Å². The van der Waals surface area contributed by atoms with E-state index in [1.54, 1.807) is 0 Å². The van der Waals surface area contributed by atoms with Crippen LogP contribution in [0.4, 0.5) is 0 Å². The molecule has 4 rings (SSSR count). The molecule has 0 amide bonds. The van der Waals surface area contributed by atoms with Gasteiger partial charge >= 0.3 is 5.97 Å². The molecule has 0 heterocycles. The number of Topliss-reactive ketones (excluding diaryl/α,β-unsaturated/α-hetero) is 1. The van der Waals surface area contributed by atoms with Crippen LogP contribution >= 0.6 is 0 Å². The van der Waals surface area contributed by atoms with Gasteiger partial charge in [-0.15, -0.1) is 0 Å². The van der Waals surface area contributed by atoms with Crippen LogP contribution < -0.4 is 0 Å². The van der Waals surface area contributed by atoms with Gasteiger partial charge in [0.15, 0.2) is 5.78 Å². The Kier molecular flexibility index (Phi) is 4.39. The lowest BCUT2D eigenvalue weighted by Crippen LogP contribution is -2.72. The molecule has 6 heteroatoms. The zero-order valence-corrected chi connectivity index (χ0v) is 17.0. The molecule has 6 nitrogen and oxygen atoms in total. The summed E-state index contributed by atoms with van der Waals surface area (Å²) in [7, 11) is 0. The summed E-state index contributed by atoms with van der Waals surface area (Å²) in [5, 5.41) is 33.8. The van der Waals surface area contributed by atoms with E-state index >= 15 is 0 Å². The topological polar surface area (TPSA) is 104 Å². The number of carbonyl (C=O) groups excluding carboxylic acids is 2. The van der Waals surface area contributed by atoms with Crippen LogP contribution in [-0.4, -0.2) is 52.0 Å². The van der Waals surface area contributed by atoms with Crippen LogP contribution in [-0.2, 0) is 14.3 Å². The Labute approximate surface area is 166 Å². The van der Waals surface area contributed by atoms with E-state index in [2.05, 4.69) is 20.4 Å². The van der Waals surface area contributed by atoms with Gasteiger partial charge in [-0.2, -0.15) is 0 Å². The lowest BCUT2D eigenvalue weighted by Gasteiger charge is -2.66. The van der Waals surface area contributed by atoms with Crippen LogP contribution in [0.2, 0.25) is 0 Å².